The summed E-state index contributed by atoms with van der Waals surface area (Å²) in [6, 6.07) is 0. The zero-order valence-corrected chi connectivity index (χ0v) is 8.44. The van der Waals surface area contributed by atoms with Crippen molar-refractivity contribution in [3.8, 4) is 0 Å². The first-order chi connectivity index (χ1) is 7.16. The van der Waals surface area contributed by atoms with Crippen molar-refractivity contribution in [2.75, 3.05) is 6.54 Å². The summed E-state index contributed by atoms with van der Waals surface area (Å²) in [4.78, 5) is 22.4. The molecule has 1 N–H and O–H groups in total. The molecule has 15 heavy (non-hydrogen) atoms. The fraction of sp³-hybridized carbons (Fsp3) is 0.455. The lowest BCUT2D eigenvalue weighted by Gasteiger charge is -2.27. The van der Waals surface area contributed by atoms with Gasteiger partial charge < -0.3 is 15.2 Å². The lowest BCUT2D eigenvalue weighted by Crippen LogP contribution is -2.43. The van der Waals surface area contributed by atoms with E-state index in [1.54, 1.807) is 12.2 Å². The Hall–Kier alpha value is -1.58. The van der Waals surface area contributed by atoms with E-state index < -0.39 is 17.8 Å². The molecule has 2 atom stereocenters. The number of carbonyl (C=O) groups is 2. The molecular formula is C11H14NO3-. The van der Waals surface area contributed by atoms with E-state index in [4.69, 9.17) is 0 Å². The van der Waals surface area contributed by atoms with Gasteiger partial charge in [-0.05, 0) is 12.8 Å². The van der Waals surface area contributed by atoms with Gasteiger partial charge in [-0.1, -0.05) is 18.2 Å². The highest BCUT2D eigenvalue weighted by atomic mass is 16.4. The van der Waals surface area contributed by atoms with Crippen molar-refractivity contribution < 1.29 is 14.7 Å². The normalized spacial score (nSPS) is 24.5. The molecule has 82 valence electrons. The summed E-state index contributed by atoms with van der Waals surface area (Å²) in [7, 11) is 0. The van der Waals surface area contributed by atoms with Crippen LogP contribution in [-0.2, 0) is 9.59 Å². The van der Waals surface area contributed by atoms with Gasteiger partial charge in [0, 0.05) is 24.3 Å². The predicted octanol–water partition coefficient (Wildman–Crippen LogP) is -0.379. The van der Waals surface area contributed by atoms with Crippen LogP contribution < -0.4 is 10.4 Å². The smallest absolute Gasteiger partial charge is 0.224 e. The van der Waals surface area contributed by atoms with Gasteiger partial charge in [0.25, 0.3) is 0 Å². The summed E-state index contributed by atoms with van der Waals surface area (Å²) in [5.74, 6) is -2.62. The number of hydrogen-bond donors (Lipinski definition) is 1. The fourth-order valence-corrected chi connectivity index (χ4v) is 1.67. The summed E-state index contributed by atoms with van der Waals surface area (Å²) in [5.41, 5.74) is 0. The highest BCUT2D eigenvalue weighted by molar-refractivity contribution is 5.84. The standard InChI is InChI=1S/C11H15NO3/c1-2-7-12-10(13)8-5-3-4-6-9(8)11(14)15/h2-4,8-9H,1,5-7H2,(H,12,13)(H,14,15)/p-1. The summed E-state index contributed by atoms with van der Waals surface area (Å²) < 4.78 is 0. The Morgan fingerprint density at radius 1 is 1.40 bits per heavy atom. The number of carboxylic acid groups (broad SMARTS) is 1. The van der Waals surface area contributed by atoms with Gasteiger partial charge in [-0.15, -0.1) is 6.58 Å². The Labute approximate surface area is 88.7 Å². The number of rotatable bonds is 4. The van der Waals surface area contributed by atoms with Gasteiger partial charge in [0.1, 0.15) is 0 Å². The van der Waals surface area contributed by atoms with Crippen LogP contribution in [0.1, 0.15) is 12.8 Å². The third kappa shape index (κ3) is 2.94. The molecule has 4 nitrogen and oxygen atoms in total. The summed E-state index contributed by atoms with van der Waals surface area (Å²) in [6.07, 6.45) is 6.00. The molecule has 0 aliphatic heterocycles. The average Bonchev–Trinajstić information content (AvgIpc) is 2.25. The average molecular weight is 208 g/mol. The molecule has 0 bridgehead atoms. The molecule has 1 aliphatic carbocycles. The molecule has 4 heteroatoms. The first kappa shape index (κ1) is 11.5. The number of allylic oxidation sites excluding steroid dienone is 2. The molecule has 0 radical (unpaired) electrons. The molecule has 1 aliphatic rings. The molecule has 0 aromatic heterocycles. The van der Waals surface area contributed by atoms with Gasteiger partial charge in [0.2, 0.25) is 5.91 Å². The lowest BCUT2D eigenvalue weighted by molar-refractivity contribution is -0.313. The maximum absolute atomic E-state index is 11.6. The topological polar surface area (TPSA) is 69.2 Å². The second-order valence-corrected chi connectivity index (χ2v) is 3.51. The minimum atomic E-state index is -1.15. The third-order valence-corrected chi connectivity index (χ3v) is 2.49. The Kier molecular flexibility index (Phi) is 4.09. The van der Waals surface area contributed by atoms with Gasteiger partial charge in [-0.2, -0.15) is 0 Å². The van der Waals surface area contributed by atoms with E-state index in [1.807, 2.05) is 6.08 Å². The van der Waals surface area contributed by atoms with Gasteiger partial charge in [0.15, 0.2) is 0 Å². The largest absolute Gasteiger partial charge is 0.550 e. The molecular weight excluding hydrogens is 194 g/mol. The summed E-state index contributed by atoms with van der Waals surface area (Å²) >= 11 is 0. The van der Waals surface area contributed by atoms with E-state index in [0.29, 0.717) is 19.4 Å². The minimum absolute atomic E-state index is 0.242. The molecule has 2 unspecified atom stereocenters. The Balaban J connectivity index is 2.64. The molecule has 0 fully saturated rings. The minimum Gasteiger partial charge on any atom is -0.550 e. The van der Waals surface area contributed by atoms with Crippen molar-refractivity contribution in [3.05, 3.63) is 24.8 Å². The van der Waals surface area contributed by atoms with Gasteiger partial charge in [-0.25, -0.2) is 0 Å². The summed E-state index contributed by atoms with van der Waals surface area (Å²) in [5, 5.41) is 13.4. The highest BCUT2D eigenvalue weighted by Crippen LogP contribution is 2.25. The number of carbonyl (C=O) groups excluding carboxylic acids is 2. The van der Waals surface area contributed by atoms with Crippen LogP contribution >= 0.6 is 0 Å². The second-order valence-electron chi connectivity index (χ2n) is 3.51. The zero-order chi connectivity index (χ0) is 11.3. The van der Waals surface area contributed by atoms with Crippen molar-refractivity contribution in [1.82, 2.24) is 5.32 Å². The second kappa shape index (κ2) is 5.34. The Bertz CT molecular complexity index is 296. The maximum atomic E-state index is 11.6. The molecule has 1 amide bonds. The van der Waals surface area contributed by atoms with Crippen LogP contribution in [0.15, 0.2) is 24.8 Å². The molecule has 0 aromatic rings. The van der Waals surface area contributed by atoms with Gasteiger partial charge in [-0.3, -0.25) is 4.79 Å². The summed E-state index contributed by atoms with van der Waals surface area (Å²) in [6.45, 7) is 3.83. The first-order valence-corrected chi connectivity index (χ1v) is 4.91. The third-order valence-electron chi connectivity index (χ3n) is 2.49. The van der Waals surface area contributed by atoms with Crippen LogP contribution in [0.5, 0.6) is 0 Å². The van der Waals surface area contributed by atoms with E-state index in [1.165, 1.54) is 0 Å². The van der Waals surface area contributed by atoms with Crippen LogP contribution in [0.25, 0.3) is 0 Å². The maximum Gasteiger partial charge on any atom is 0.224 e. The van der Waals surface area contributed by atoms with Crippen LogP contribution in [-0.4, -0.2) is 18.4 Å². The van der Waals surface area contributed by atoms with Gasteiger partial charge in [0.05, 0.1) is 0 Å². The van der Waals surface area contributed by atoms with E-state index in [9.17, 15) is 14.7 Å². The molecule has 0 heterocycles. The lowest BCUT2D eigenvalue weighted by atomic mass is 9.82. The number of amides is 1. The SMILES string of the molecule is C=CCNC(=O)C1CC=CCC1C(=O)[O-]. The van der Waals surface area contributed by atoms with Crippen molar-refractivity contribution in [2.24, 2.45) is 11.8 Å². The van der Waals surface area contributed by atoms with Crippen molar-refractivity contribution in [1.29, 1.82) is 0 Å². The van der Waals surface area contributed by atoms with E-state index in [2.05, 4.69) is 11.9 Å². The first-order valence-electron chi connectivity index (χ1n) is 4.91. The zero-order valence-electron chi connectivity index (χ0n) is 8.44. The van der Waals surface area contributed by atoms with E-state index in [0.717, 1.165) is 0 Å². The number of hydrogen-bond acceptors (Lipinski definition) is 3. The van der Waals surface area contributed by atoms with Crippen LogP contribution in [0.2, 0.25) is 0 Å². The van der Waals surface area contributed by atoms with Crippen molar-refractivity contribution in [2.45, 2.75) is 12.8 Å². The highest BCUT2D eigenvalue weighted by Gasteiger charge is 2.29. The number of carboxylic acids is 1. The van der Waals surface area contributed by atoms with Crippen LogP contribution in [0.3, 0.4) is 0 Å². The molecule has 0 saturated carbocycles. The van der Waals surface area contributed by atoms with Crippen LogP contribution in [0, 0.1) is 11.8 Å². The van der Waals surface area contributed by atoms with Crippen molar-refractivity contribution in [3.63, 3.8) is 0 Å². The number of nitrogens with one attached hydrogen (secondary N) is 1. The monoisotopic (exact) mass is 208 g/mol. The van der Waals surface area contributed by atoms with E-state index in [-0.39, 0.29) is 5.91 Å². The molecule has 0 aromatic carbocycles. The quantitative estimate of drug-likeness (QED) is 0.640. The fourth-order valence-electron chi connectivity index (χ4n) is 1.67. The molecule has 0 spiro atoms. The predicted molar refractivity (Wildman–Crippen MR) is 53.6 cm³/mol. The van der Waals surface area contributed by atoms with Crippen molar-refractivity contribution >= 4 is 11.9 Å². The van der Waals surface area contributed by atoms with E-state index >= 15 is 0 Å². The van der Waals surface area contributed by atoms with Crippen LogP contribution in [0.4, 0.5) is 0 Å². The number of aliphatic carboxylic acids is 1. The van der Waals surface area contributed by atoms with Gasteiger partial charge >= 0.3 is 0 Å². The Morgan fingerprint density at radius 3 is 2.53 bits per heavy atom. The Morgan fingerprint density at radius 2 is 2.00 bits per heavy atom. The molecule has 1 rings (SSSR count). The molecule has 0 saturated heterocycles.